The van der Waals surface area contributed by atoms with Gasteiger partial charge in [0.15, 0.2) is 29.5 Å². The van der Waals surface area contributed by atoms with E-state index in [4.69, 9.17) is 5.73 Å². The highest BCUT2D eigenvalue weighted by Gasteiger charge is 2.56. The van der Waals surface area contributed by atoms with Gasteiger partial charge in [0.1, 0.15) is 5.25 Å². The van der Waals surface area contributed by atoms with E-state index >= 15 is 0 Å². The van der Waals surface area contributed by atoms with Crippen molar-refractivity contribution in [2.24, 2.45) is 5.73 Å². The molecule has 1 atom stereocenters. The van der Waals surface area contributed by atoms with Crippen molar-refractivity contribution in [1.82, 2.24) is 0 Å². The number of nitrogens with two attached hydrogens (primary N) is 1. The Morgan fingerprint density at radius 3 is 1.30 bits per heavy atom. The molecule has 0 saturated carbocycles. The van der Waals surface area contributed by atoms with Crippen molar-refractivity contribution in [2.45, 2.75) is 87.0 Å². The second-order valence-corrected chi connectivity index (χ2v) is 14.5. The van der Waals surface area contributed by atoms with Gasteiger partial charge in [-0.15, -0.1) is 0 Å². The van der Waals surface area contributed by atoms with Gasteiger partial charge < -0.3 is 0 Å². The van der Waals surface area contributed by atoms with Crippen LogP contribution >= 0.6 is 0 Å². The van der Waals surface area contributed by atoms with Gasteiger partial charge in [0, 0.05) is 18.8 Å². The Balaban J connectivity index is 4.81. The number of hydrogen-bond donors (Lipinski definition) is 1. The van der Waals surface area contributed by atoms with Crippen LogP contribution in [0.3, 0.4) is 0 Å². The van der Waals surface area contributed by atoms with Crippen LogP contribution in [0.15, 0.2) is 0 Å². The van der Waals surface area contributed by atoms with E-state index in [1.807, 2.05) is 0 Å². The lowest BCUT2D eigenvalue weighted by atomic mass is 10.1. The zero-order valence-corrected chi connectivity index (χ0v) is 19.6. The first-order valence-corrected chi connectivity index (χ1v) is 15.3. The zero-order chi connectivity index (χ0) is 21.4. The van der Waals surface area contributed by atoms with Crippen molar-refractivity contribution in [3.8, 4) is 0 Å². The maximum Gasteiger partial charge on any atom is 0.237 e. The van der Waals surface area contributed by atoms with Gasteiger partial charge in [-0.25, -0.2) is 25.3 Å². The summed E-state index contributed by atoms with van der Waals surface area (Å²) in [6.07, 6.45) is 12.4. The van der Waals surface area contributed by atoms with Crippen molar-refractivity contribution >= 4 is 29.5 Å². The molecule has 164 valence electrons. The van der Waals surface area contributed by atoms with E-state index in [-0.39, 0.29) is 6.42 Å². The fourth-order valence-electron chi connectivity index (χ4n) is 3.28. The lowest BCUT2D eigenvalue weighted by Gasteiger charge is -2.32. The molecule has 0 saturated heterocycles. The van der Waals surface area contributed by atoms with Gasteiger partial charge in [-0.2, -0.15) is 0 Å². The van der Waals surface area contributed by atoms with Crippen LogP contribution in [0.1, 0.15) is 77.6 Å². The molecule has 10 heteroatoms. The first-order valence-electron chi connectivity index (χ1n) is 9.56. The molecule has 2 N–H and O–H groups in total. The molecule has 27 heavy (non-hydrogen) atoms. The summed E-state index contributed by atoms with van der Waals surface area (Å²) in [6, 6.07) is 0. The minimum Gasteiger partial charge on any atom is -0.299 e. The summed E-state index contributed by atoms with van der Waals surface area (Å²) in [5.41, 5.74) is 5.75. The number of hydrogen-bond acceptors (Lipinski definition) is 7. The molecule has 0 heterocycles. The third-order valence-electron chi connectivity index (χ3n) is 4.94. The molecule has 1 unspecified atom stereocenters. The highest BCUT2D eigenvalue weighted by Crippen LogP contribution is 2.30. The number of sulfone groups is 3. The maximum atomic E-state index is 12.2. The van der Waals surface area contributed by atoms with E-state index in [2.05, 4.69) is 6.92 Å². The molecule has 0 aliphatic heterocycles. The smallest absolute Gasteiger partial charge is 0.237 e. The monoisotopic (exact) mass is 447 g/mol. The van der Waals surface area contributed by atoms with Crippen molar-refractivity contribution in [1.29, 1.82) is 0 Å². The van der Waals surface area contributed by atoms with Crippen molar-refractivity contribution in [3.63, 3.8) is 0 Å². The van der Waals surface area contributed by atoms with Crippen LogP contribution in [0.25, 0.3) is 0 Å². The second kappa shape index (κ2) is 11.1. The molecule has 0 aliphatic carbocycles. The summed E-state index contributed by atoms with van der Waals surface area (Å²) in [5.74, 6) is 0. The van der Waals surface area contributed by atoms with Gasteiger partial charge in [0.2, 0.25) is 4.20 Å². The summed E-state index contributed by atoms with van der Waals surface area (Å²) < 4.78 is 69.9. The normalized spacial score (nSPS) is 15.0. The summed E-state index contributed by atoms with van der Waals surface area (Å²) in [6.45, 7) is 2.17. The Labute approximate surface area is 166 Å². The molecule has 0 rings (SSSR count). The Kier molecular flexibility index (Phi) is 11.0. The average molecular weight is 448 g/mol. The first kappa shape index (κ1) is 26.8. The Bertz CT molecular complexity index is 710. The van der Waals surface area contributed by atoms with Gasteiger partial charge in [-0.3, -0.25) is 5.73 Å². The fraction of sp³-hybridized carbons (Fsp3) is 1.00. The topological polar surface area (TPSA) is 128 Å². The summed E-state index contributed by atoms with van der Waals surface area (Å²) in [7, 11) is -12.7. The van der Waals surface area contributed by atoms with E-state index < -0.39 is 39.0 Å². The van der Waals surface area contributed by atoms with E-state index in [9.17, 15) is 25.3 Å². The standard InChI is InChI=1S/C17H37NO6S3/c1-5-6-7-8-9-10-11-12-13-14-15-16(25(2,19)20)17(18,26(3,21)22)27(4,23)24/h16H,5-15,18H2,1-4H3. The minimum absolute atomic E-state index is 0.0913. The quantitative estimate of drug-likeness (QED) is 0.382. The first-order chi connectivity index (χ1) is 12.2. The van der Waals surface area contributed by atoms with Crippen LogP contribution in [0.4, 0.5) is 0 Å². The highest BCUT2D eigenvalue weighted by molar-refractivity contribution is 8.11. The van der Waals surface area contributed by atoms with Gasteiger partial charge >= 0.3 is 0 Å². The van der Waals surface area contributed by atoms with E-state index in [0.29, 0.717) is 25.4 Å². The molecule has 0 radical (unpaired) electrons. The predicted molar refractivity (Wildman–Crippen MR) is 112 cm³/mol. The average Bonchev–Trinajstić information content (AvgIpc) is 2.48. The molecule has 0 spiro atoms. The molecular weight excluding hydrogens is 410 g/mol. The van der Waals surface area contributed by atoms with E-state index in [1.165, 1.54) is 32.1 Å². The Hall–Kier alpha value is -0.190. The van der Waals surface area contributed by atoms with Crippen molar-refractivity contribution in [2.75, 3.05) is 18.8 Å². The molecule has 0 aromatic heterocycles. The SMILES string of the molecule is CCCCCCCCCCCCC(C(N)(S(C)(=O)=O)S(C)(=O)=O)S(C)(=O)=O. The van der Waals surface area contributed by atoms with Crippen LogP contribution in [0.5, 0.6) is 0 Å². The number of rotatable bonds is 15. The maximum absolute atomic E-state index is 12.2. The third-order valence-corrected chi connectivity index (χ3v) is 11.6. The van der Waals surface area contributed by atoms with E-state index in [0.717, 1.165) is 25.5 Å². The Morgan fingerprint density at radius 1 is 0.667 bits per heavy atom. The summed E-state index contributed by atoms with van der Waals surface area (Å²) >= 11 is 0. The third kappa shape index (κ3) is 8.37. The van der Waals surface area contributed by atoms with Crippen molar-refractivity contribution in [3.05, 3.63) is 0 Å². The summed E-state index contributed by atoms with van der Waals surface area (Å²) in [4.78, 5) is 0. The molecule has 0 aliphatic rings. The Morgan fingerprint density at radius 2 is 1.00 bits per heavy atom. The zero-order valence-electron chi connectivity index (χ0n) is 17.1. The van der Waals surface area contributed by atoms with Crippen LogP contribution in [0.2, 0.25) is 0 Å². The van der Waals surface area contributed by atoms with Gasteiger partial charge in [0.05, 0.1) is 0 Å². The lowest BCUT2D eigenvalue weighted by Crippen LogP contribution is -2.63. The van der Waals surface area contributed by atoms with Gasteiger partial charge in [-0.1, -0.05) is 71.1 Å². The predicted octanol–water partition coefficient (Wildman–Crippen LogP) is 2.41. The lowest BCUT2D eigenvalue weighted by molar-refractivity contribution is 0.493. The van der Waals surface area contributed by atoms with Gasteiger partial charge in [0.25, 0.3) is 0 Å². The van der Waals surface area contributed by atoms with Crippen molar-refractivity contribution < 1.29 is 25.3 Å². The van der Waals surface area contributed by atoms with Gasteiger partial charge in [-0.05, 0) is 6.42 Å². The highest BCUT2D eigenvalue weighted by atomic mass is 32.3. The van der Waals surface area contributed by atoms with E-state index in [1.54, 1.807) is 0 Å². The van der Waals surface area contributed by atoms with Crippen LogP contribution in [0, 0.1) is 0 Å². The largest absolute Gasteiger partial charge is 0.299 e. The fourth-order valence-corrected chi connectivity index (χ4v) is 9.96. The molecule has 0 aromatic carbocycles. The van der Waals surface area contributed by atoms with Crippen LogP contribution < -0.4 is 5.73 Å². The molecule has 7 nitrogen and oxygen atoms in total. The summed E-state index contributed by atoms with van der Waals surface area (Å²) in [5, 5.41) is -1.68. The molecule has 0 aromatic rings. The van der Waals surface area contributed by atoms with Crippen LogP contribution in [-0.4, -0.2) is 53.5 Å². The minimum atomic E-state index is -4.36. The molecule has 0 bridgehead atoms. The second-order valence-electron chi connectivity index (χ2n) is 7.55. The molecule has 0 fully saturated rings. The number of unbranched alkanes of at least 4 members (excludes halogenated alkanes) is 9. The van der Waals surface area contributed by atoms with Crippen LogP contribution in [-0.2, 0) is 29.5 Å². The molecular formula is C17H37NO6S3. The molecule has 0 amide bonds.